The molecule has 0 aliphatic carbocycles. The Bertz CT molecular complexity index is 169. The molecule has 42 valence electrons. The van der Waals surface area contributed by atoms with Gasteiger partial charge in [0.2, 0.25) is 0 Å². The molecule has 8 heavy (non-hydrogen) atoms. The van der Waals surface area contributed by atoms with Crippen LogP contribution in [0.5, 0.6) is 0 Å². The van der Waals surface area contributed by atoms with Crippen LogP contribution >= 0.6 is 0 Å². The van der Waals surface area contributed by atoms with Gasteiger partial charge in [0.15, 0.2) is 0 Å². The van der Waals surface area contributed by atoms with Gasteiger partial charge in [0.25, 0.3) is 5.91 Å². The molecule has 0 bridgehead atoms. The number of carbonyl (C=O) groups excluding carboxylic acids is 1. The summed E-state index contributed by atoms with van der Waals surface area (Å²) < 4.78 is 0. The van der Waals surface area contributed by atoms with Crippen LogP contribution in [-0.2, 0) is 4.79 Å². The first-order valence-corrected chi connectivity index (χ1v) is 2.39. The maximum atomic E-state index is 10.4. The summed E-state index contributed by atoms with van der Waals surface area (Å²) in [5, 5.41) is 0. The number of hydrogen-bond donors (Lipinski definition) is 0. The Morgan fingerprint density at radius 2 is 2.50 bits per heavy atom. The Morgan fingerprint density at radius 1 is 1.75 bits per heavy atom. The van der Waals surface area contributed by atoms with E-state index in [1.807, 2.05) is 0 Å². The minimum Gasteiger partial charge on any atom is -0.272 e. The van der Waals surface area contributed by atoms with Crippen molar-refractivity contribution in [2.75, 3.05) is 0 Å². The van der Waals surface area contributed by atoms with Crippen LogP contribution in [0.4, 0.5) is 0 Å². The highest BCUT2D eigenvalue weighted by Crippen LogP contribution is 1.91. The second-order valence-electron chi connectivity index (χ2n) is 1.57. The van der Waals surface area contributed by atoms with E-state index >= 15 is 0 Å². The second-order valence-corrected chi connectivity index (χ2v) is 1.57. The average molecular weight is 110 g/mol. The molecule has 0 saturated carbocycles. The van der Waals surface area contributed by atoms with Gasteiger partial charge in [-0.05, 0) is 6.92 Å². The molecule has 0 aromatic rings. The molecular formula is C5H6N2O. The van der Waals surface area contributed by atoms with Gasteiger partial charge < -0.3 is 0 Å². The Balaban J connectivity index is 2.77. The normalized spacial score (nSPS) is 18.6. The number of nitrogens with zero attached hydrogens (tertiary/aromatic N) is 2. The lowest BCUT2D eigenvalue weighted by atomic mass is 10.4. The monoisotopic (exact) mass is 110 g/mol. The highest BCUT2D eigenvalue weighted by atomic mass is 16.1. The number of aliphatic imine (C=N–C) groups is 2. The molecule has 1 aliphatic rings. The van der Waals surface area contributed by atoms with Gasteiger partial charge in [0, 0.05) is 6.21 Å². The molecule has 0 unspecified atom stereocenters. The Kier molecular flexibility index (Phi) is 1.20. The molecule has 1 rings (SSSR count). The van der Waals surface area contributed by atoms with E-state index in [0.29, 0.717) is 12.3 Å². The van der Waals surface area contributed by atoms with Crippen LogP contribution in [0, 0.1) is 0 Å². The third kappa shape index (κ3) is 0.992. The van der Waals surface area contributed by atoms with Crippen LogP contribution in [0.25, 0.3) is 0 Å². The zero-order valence-electron chi connectivity index (χ0n) is 4.59. The number of amides is 1. The quantitative estimate of drug-likeness (QED) is 0.445. The summed E-state index contributed by atoms with van der Waals surface area (Å²) in [5.74, 6) is 0.457. The van der Waals surface area contributed by atoms with E-state index in [0.717, 1.165) is 0 Å². The van der Waals surface area contributed by atoms with Crippen LogP contribution in [0.2, 0.25) is 0 Å². The zero-order valence-corrected chi connectivity index (χ0v) is 4.59. The summed E-state index contributed by atoms with van der Waals surface area (Å²) in [6.45, 7) is 1.70. The Hall–Kier alpha value is -0.990. The maximum Gasteiger partial charge on any atom is 0.252 e. The Morgan fingerprint density at radius 3 is 2.88 bits per heavy atom. The van der Waals surface area contributed by atoms with Crippen molar-refractivity contribution in [3.63, 3.8) is 0 Å². The number of amidine groups is 1. The molecule has 0 spiro atoms. The summed E-state index contributed by atoms with van der Waals surface area (Å²) in [6, 6.07) is 0. The van der Waals surface area contributed by atoms with Crippen molar-refractivity contribution in [1.82, 2.24) is 0 Å². The molecule has 0 atom stereocenters. The van der Waals surface area contributed by atoms with Crippen molar-refractivity contribution in [3.8, 4) is 0 Å². The van der Waals surface area contributed by atoms with Crippen LogP contribution in [0.1, 0.15) is 13.3 Å². The van der Waals surface area contributed by atoms with E-state index in [9.17, 15) is 4.79 Å². The maximum absolute atomic E-state index is 10.4. The van der Waals surface area contributed by atoms with Crippen molar-refractivity contribution < 1.29 is 4.79 Å². The van der Waals surface area contributed by atoms with Crippen molar-refractivity contribution in [2.24, 2.45) is 9.98 Å². The van der Waals surface area contributed by atoms with E-state index in [4.69, 9.17) is 0 Å². The molecule has 0 aromatic heterocycles. The fourth-order valence-corrected chi connectivity index (χ4v) is 0.511. The van der Waals surface area contributed by atoms with Crippen molar-refractivity contribution in [2.45, 2.75) is 13.3 Å². The van der Waals surface area contributed by atoms with E-state index < -0.39 is 0 Å². The first-order valence-electron chi connectivity index (χ1n) is 2.39. The van der Waals surface area contributed by atoms with Gasteiger partial charge in [-0.2, -0.15) is 4.99 Å². The topological polar surface area (TPSA) is 41.8 Å². The van der Waals surface area contributed by atoms with Crippen LogP contribution in [0.15, 0.2) is 9.98 Å². The lowest BCUT2D eigenvalue weighted by molar-refractivity contribution is -0.116. The van der Waals surface area contributed by atoms with Gasteiger partial charge >= 0.3 is 0 Å². The third-order valence-corrected chi connectivity index (χ3v) is 0.831. The smallest absolute Gasteiger partial charge is 0.252 e. The highest BCUT2D eigenvalue weighted by molar-refractivity contribution is 6.06. The van der Waals surface area contributed by atoms with Crippen molar-refractivity contribution in [3.05, 3.63) is 0 Å². The van der Waals surface area contributed by atoms with Gasteiger partial charge in [0.05, 0.1) is 6.42 Å². The van der Waals surface area contributed by atoms with Gasteiger partial charge in [0.1, 0.15) is 5.84 Å². The number of rotatable bonds is 0. The standard InChI is InChI=1S/C5H6N2O/c1-4-6-3-2-5(8)7-4/h3H,2H2,1H3. The van der Waals surface area contributed by atoms with Crippen LogP contribution in [-0.4, -0.2) is 18.0 Å². The fourth-order valence-electron chi connectivity index (χ4n) is 0.511. The zero-order chi connectivity index (χ0) is 5.98. The predicted octanol–water partition coefficient (Wildman–Crippen LogP) is 0.406. The molecule has 0 saturated heterocycles. The lowest BCUT2D eigenvalue weighted by Gasteiger charge is -1.95. The van der Waals surface area contributed by atoms with Gasteiger partial charge in [-0.3, -0.25) is 4.79 Å². The molecule has 0 N–H and O–H groups in total. The van der Waals surface area contributed by atoms with E-state index in [1.165, 1.54) is 0 Å². The lowest BCUT2D eigenvalue weighted by Crippen LogP contribution is -2.04. The first-order chi connectivity index (χ1) is 3.79. The summed E-state index contributed by atoms with van der Waals surface area (Å²) in [6.07, 6.45) is 1.93. The second kappa shape index (κ2) is 1.86. The van der Waals surface area contributed by atoms with Gasteiger partial charge in [-0.25, -0.2) is 4.99 Å². The van der Waals surface area contributed by atoms with E-state index in [-0.39, 0.29) is 5.91 Å². The number of carbonyl (C=O) groups is 1. The summed E-state index contributed by atoms with van der Waals surface area (Å²) >= 11 is 0. The summed E-state index contributed by atoms with van der Waals surface area (Å²) in [7, 11) is 0. The number of hydrogen-bond acceptors (Lipinski definition) is 2. The molecular weight excluding hydrogens is 104 g/mol. The van der Waals surface area contributed by atoms with Crippen LogP contribution in [0.3, 0.4) is 0 Å². The predicted molar refractivity (Wildman–Crippen MR) is 31.2 cm³/mol. The molecule has 3 heteroatoms. The average Bonchev–Trinajstić information content (AvgIpc) is 1.64. The van der Waals surface area contributed by atoms with E-state index in [1.54, 1.807) is 13.1 Å². The Labute approximate surface area is 47.1 Å². The summed E-state index contributed by atoms with van der Waals surface area (Å²) in [4.78, 5) is 17.7. The van der Waals surface area contributed by atoms with E-state index in [2.05, 4.69) is 9.98 Å². The van der Waals surface area contributed by atoms with Crippen molar-refractivity contribution in [1.29, 1.82) is 0 Å². The molecule has 0 radical (unpaired) electrons. The first kappa shape index (κ1) is 5.15. The molecule has 1 amide bonds. The molecule has 1 aliphatic heterocycles. The fraction of sp³-hybridized carbons (Fsp3) is 0.400. The van der Waals surface area contributed by atoms with Crippen LogP contribution < -0.4 is 0 Å². The largest absolute Gasteiger partial charge is 0.272 e. The van der Waals surface area contributed by atoms with Gasteiger partial charge in [-0.15, -0.1) is 0 Å². The highest BCUT2D eigenvalue weighted by Gasteiger charge is 2.00. The minimum absolute atomic E-state index is 0.0995. The van der Waals surface area contributed by atoms with Crippen molar-refractivity contribution >= 4 is 18.0 Å². The third-order valence-electron chi connectivity index (χ3n) is 0.831. The minimum atomic E-state index is -0.0995. The molecule has 0 fully saturated rings. The van der Waals surface area contributed by atoms with Gasteiger partial charge in [-0.1, -0.05) is 0 Å². The molecule has 3 nitrogen and oxygen atoms in total. The molecule has 1 heterocycles. The summed E-state index contributed by atoms with van der Waals surface area (Å²) in [5.41, 5.74) is 0. The SMILES string of the molecule is CC1=NC(=O)CC=N1. The molecule has 0 aromatic carbocycles.